The highest BCUT2D eigenvalue weighted by Crippen LogP contribution is 2.42. The molecule has 248 valence electrons. The molecule has 0 atom stereocenters. The molecule has 6 aromatic rings. The van der Waals surface area contributed by atoms with Crippen LogP contribution in [0.2, 0.25) is 0 Å². The zero-order chi connectivity index (χ0) is 35.0. The summed E-state index contributed by atoms with van der Waals surface area (Å²) in [5, 5.41) is 2.41. The average Bonchev–Trinajstić information content (AvgIpc) is 3.32. The lowest BCUT2D eigenvalue weighted by atomic mass is 9.78. The second-order valence-corrected chi connectivity index (χ2v) is 18.0. The van der Waals surface area contributed by atoms with Crippen molar-refractivity contribution in [3.63, 3.8) is 0 Å². The number of rotatable bonds is 3. The highest BCUT2D eigenvalue weighted by Gasteiger charge is 2.27. The van der Waals surface area contributed by atoms with Crippen molar-refractivity contribution in [1.29, 1.82) is 0 Å². The van der Waals surface area contributed by atoms with Crippen LogP contribution in [0.15, 0.2) is 90.0 Å². The minimum Gasteiger partial charge on any atom is -0.294 e. The smallest absolute Gasteiger partial charge is 0.138 e. The molecule has 0 fully saturated rings. The molecule has 3 nitrogen and oxygen atoms in total. The largest absolute Gasteiger partial charge is 0.294 e. The first-order chi connectivity index (χ1) is 22.2. The van der Waals surface area contributed by atoms with E-state index in [4.69, 9.17) is 22.6 Å². The Balaban J connectivity index is 1.67. The van der Waals surface area contributed by atoms with Crippen LogP contribution in [0.1, 0.15) is 105 Å². The molecular weight excluding hydrogens is 603 g/mol. The third-order valence-corrected chi connectivity index (χ3v) is 10.0. The minimum atomic E-state index is -0.0983. The molecule has 0 N–H and O–H groups in total. The number of para-hydroxylation sites is 1. The quantitative estimate of drug-likeness (QED) is 0.193. The van der Waals surface area contributed by atoms with Crippen molar-refractivity contribution in [3.8, 4) is 28.3 Å². The maximum Gasteiger partial charge on any atom is 0.138 e. The van der Waals surface area contributed by atoms with Crippen LogP contribution in [0.4, 0.5) is 0 Å². The lowest BCUT2D eigenvalue weighted by Gasteiger charge is -2.29. The molecule has 0 aliphatic heterocycles. The van der Waals surface area contributed by atoms with Crippen molar-refractivity contribution in [2.45, 2.75) is 110 Å². The Morgan fingerprint density at radius 1 is 0.542 bits per heavy atom. The normalized spacial score (nSPS) is 13.1. The highest BCUT2D eigenvalue weighted by molar-refractivity contribution is 7.80. The van der Waals surface area contributed by atoms with Crippen LogP contribution >= 0.6 is 12.6 Å². The van der Waals surface area contributed by atoms with Gasteiger partial charge in [-0.25, -0.2) is 4.98 Å². The molecule has 0 radical (unpaired) electrons. The molecule has 0 amide bonds. The van der Waals surface area contributed by atoms with Gasteiger partial charge in [-0.05, 0) is 86.4 Å². The first-order valence-corrected chi connectivity index (χ1v) is 17.6. The fraction of sp³-hybridized carbons (Fsp3) is 0.364. The molecule has 0 bridgehead atoms. The van der Waals surface area contributed by atoms with E-state index in [2.05, 4.69) is 167 Å². The molecule has 0 aliphatic carbocycles. The zero-order valence-corrected chi connectivity index (χ0v) is 31.8. The first-order valence-electron chi connectivity index (χ1n) is 17.1. The number of pyridine rings is 2. The van der Waals surface area contributed by atoms with E-state index in [9.17, 15) is 0 Å². The fourth-order valence-corrected chi connectivity index (χ4v) is 7.05. The second kappa shape index (κ2) is 11.6. The number of nitrogens with zero attached hydrogens (tertiary/aromatic N) is 3. The molecule has 6 rings (SSSR count). The topological polar surface area (TPSA) is 30.7 Å². The van der Waals surface area contributed by atoms with Crippen molar-refractivity contribution >= 4 is 34.4 Å². The SMILES string of the molecule is CC(C)(C)c1ccnc(-c2ccc3c4ccccc4n(-c4cc(C(C)(C)C)cc(-c5cc(C(C)(C)C)cc(C(C)(C)C)c5S)n4)c3c2)c1. The summed E-state index contributed by atoms with van der Waals surface area (Å²) in [7, 11) is 0. The summed E-state index contributed by atoms with van der Waals surface area (Å²) in [6.45, 7) is 27.2. The number of benzene rings is 3. The van der Waals surface area contributed by atoms with Gasteiger partial charge in [0.2, 0.25) is 0 Å². The molecular formula is C44H51N3S. The Labute approximate surface area is 293 Å². The molecule has 0 saturated heterocycles. The summed E-state index contributed by atoms with van der Waals surface area (Å²) >= 11 is 5.22. The summed E-state index contributed by atoms with van der Waals surface area (Å²) in [6.07, 6.45) is 1.93. The minimum absolute atomic E-state index is 0.0255. The number of thiol groups is 1. The summed E-state index contributed by atoms with van der Waals surface area (Å²) in [5.74, 6) is 0.906. The van der Waals surface area contributed by atoms with Crippen LogP contribution in [0.5, 0.6) is 0 Å². The van der Waals surface area contributed by atoms with Crippen molar-refractivity contribution in [3.05, 3.63) is 107 Å². The van der Waals surface area contributed by atoms with E-state index in [0.29, 0.717) is 0 Å². The summed E-state index contributed by atoms with van der Waals surface area (Å²) in [4.78, 5) is 11.3. The van der Waals surface area contributed by atoms with Crippen LogP contribution in [0.3, 0.4) is 0 Å². The lowest BCUT2D eigenvalue weighted by Crippen LogP contribution is -2.18. The van der Waals surface area contributed by atoms with Gasteiger partial charge in [-0.15, -0.1) is 12.6 Å². The van der Waals surface area contributed by atoms with E-state index in [1.807, 2.05) is 6.20 Å². The van der Waals surface area contributed by atoms with Crippen LogP contribution in [-0.4, -0.2) is 14.5 Å². The second-order valence-electron chi connectivity index (χ2n) is 17.5. The van der Waals surface area contributed by atoms with Crippen molar-refractivity contribution in [2.75, 3.05) is 0 Å². The van der Waals surface area contributed by atoms with E-state index in [-0.39, 0.29) is 21.7 Å². The summed E-state index contributed by atoms with van der Waals surface area (Å²) in [5.41, 5.74) is 11.2. The van der Waals surface area contributed by atoms with Crippen molar-refractivity contribution < 1.29 is 0 Å². The molecule has 0 unspecified atom stereocenters. The molecule has 0 saturated carbocycles. The molecule has 0 aliphatic rings. The monoisotopic (exact) mass is 653 g/mol. The molecule has 4 heteroatoms. The van der Waals surface area contributed by atoms with Crippen LogP contribution < -0.4 is 0 Å². The van der Waals surface area contributed by atoms with Gasteiger partial charge in [0.05, 0.1) is 22.4 Å². The Kier molecular flexibility index (Phi) is 8.23. The van der Waals surface area contributed by atoms with E-state index >= 15 is 0 Å². The standard InChI is InChI=1S/C44H51N3S/c1-41(2,3)28-19-20-45-35(24-28)27-17-18-32-31-15-13-14-16-37(31)47(38(32)21-27)39-26-30(43(7,8)9)25-36(46-39)33-22-29(42(4,5)6)23-34(40(33)48)44(10,11)12/h13-26,48H,1-12H3. The lowest BCUT2D eigenvalue weighted by molar-refractivity contribution is 0.560. The Morgan fingerprint density at radius 2 is 1.15 bits per heavy atom. The summed E-state index contributed by atoms with van der Waals surface area (Å²) < 4.78 is 2.34. The third-order valence-electron chi connectivity index (χ3n) is 9.56. The number of aromatic nitrogens is 3. The molecule has 0 spiro atoms. The predicted molar refractivity (Wildman–Crippen MR) is 209 cm³/mol. The molecule has 3 aromatic heterocycles. The molecule has 3 aromatic carbocycles. The maximum atomic E-state index is 5.51. The van der Waals surface area contributed by atoms with Crippen LogP contribution in [0.25, 0.3) is 50.1 Å². The number of hydrogen-bond donors (Lipinski definition) is 1. The van der Waals surface area contributed by atoms with Crippen LogP contribution in [-0.2, 0) is 21.7 Å². The van der Waals surface area contributed by atoms with Gasteiger partial charge >= 0.3 is 0 Å². The van der Waals surface area contributed by atoms with Gasteiger partial charge in [-0.1, -0.05) is 119 Å². The van der Waals surface area contributed by atoms with Crippen molar-refractivity contribution in [1.82, 2.24) is 14.5 Å². The highest BCUT2D eigenvalue weighted by atomic mass is 32.1. The number of fused-ring (bicyclic) bond motifs is 3. The molecule has 48 heavy (non-hydrogen) atoms. The van der Waals surface area contributed by atoms with Gasteiger partial charge in [0, 0.05) is 33.0 Å². The first kappa shape index (κ1) is 34.0. The predicted octanol–water partition coefficient (Wildman–Crippen LogP) is 12.4. The zero-order valence-electron chi connectivity index (χ0n) is 30.9. The van der Waals surface area contributed by atoms with Gasteiger partial charge in [-0.2, -0.15) is 0 Å². The van der Waals surface area contributed by atoms with E-state index in [0.717, 1.165) is 44.3 Å². The van der Waals surface area contributed by atoms with Gasteiger partial charge in [-0.3, -0.25) is 9.55 Å². The fourth-order valence-electron chi connectivity index (χ4n) is 6.47. The van der Waals surface area contributed by atoms with E-state index in [1.165, 1.54) is 33.0 Å². The van der Waals surface area contributed by atoms with Crippen molar-refractivity contribution in [2.24, 2.45) is 0 Å². The van der Waals surface area contributed by atoms with Gasteiger partial charge in [0.25, 0.3) is 0 Å². The van der Waals surface area contributed by atoms with Gasteiger partial charge in [0.15, 0.2) is 0 Å². The Morgan fingerprint density at radius 3 is 1.79 bits per heavy atom. The van der Waals surface area contributed by atoms with Gasteiger partial charge < -0.3 is 0 Å². The van der Waals surface area contributed by atoms with E-state index in [1.54, 1.807) is 0 Å². The Bertz CT molecular complexity index is 2170. The molecule has 3 heterocycles. The Hall–Kier alpha value is -3.89. The average molecular weight is 654 g/mol. The van der Waals surface area contributed by atoms with Crippen LogP contribution in [0, 0.1) is 0 Å². The van der Waals surface area contributed by atoms with Gasteiger partial charge in [0.1, 0.15) is 5.82 Å². The maximum absolute atomic E-state index is 5.51. The summed E-state index contributed by atoms with van der Waals surface area (Å²) in [6, 6.07) is 29.0. The number of hydrogen-bond acceptors (Lipinski definition) is 3. The third kappa shape index (κ3) is 6.32. The van der Waals surface area contributed by atoms with E-state index < -0.39 is 0 Å².